The van der Waals surface area contributed by atoms with Crippen LogP contribution in [-0.4, -0.2) is 92.6 Å². The lowest BCUT2D eigenvalue weighted by atomic mass is 9.66. The van der Waals surface area contributed by atoms with Crippen molar-refractivity contribution >= 4 is 17.3 Å². The van der Waals surface area contributed by atoms with Gasteiger partial charge < -0.3 is 40.0 Å². The fraction of sp³-hybridized carbons (Fsp3) is 0.825. The van der Waals surface area contributed by atoms with Gasteiger partial charge in [-0.2, -0.15) is 0 Å². The summed E-state index contributed by atoms with van der Waals surface area (Å²) in [4.78, 5) is 32.5. The molecule has 7 fully saturated rings. The van der Waals surface area contributed by atoms with E-state index in [0.29, 0.717) is 17.5 Å². The zero-order valence-electron chi connectivity index (χ0n) is 31.2. The topological polar surface area (TPSA) is 172 Å². The molecule has 0 radical (unpaired) electrons. The maximum atomic E-state index is 11.5. The number of hydrogen-bond donors (Lipinski definition) is 1. The van der Waals surface area contributed by atoms with Crippen LogP contribution in [0.3, 0.4) is 0 Å². The van der Waals surface area contributed by atoms with E-state index in [1.54, 1.807) is 0 Å². The summed E-state index contributed by atoms with van der Waals surface area (Å²) < 4.78 is 28.2. The Morgan fingerprint density at radius 3 is 1.57 bits per heavy atom. The van der Waals surface area contributed by atoms with Crippen LogP contribution in [0, 0.1) is 29.6 Å². The summed E-state index contributed by atoms with van der Waals surface area (Å²) in [5.74, 6) is 4.41. The van der Waals surface area contributed by atoms with Crippen molar-refractivity contribution < 1.29 is 49.0 Å². The van der Waals surface area contributed by atoms with Crippen molar-refractivity contribution in [3.63, 3.8) is 0 Å². The first-order chi connectivity index (χ1) is 23.8. The first kappa shape index (κ1) is 43.6. The zero-order chi connectivity index (χ0) is 34.5. The molecule has 0 aromatic carbocycles. The molecule has 4 saturated carbocycles. The number of fused-ring (bicyclic) bond motifs is 1. The van der Waals surface area contributed by atoms with Gasteiger partial charge in [0.25, 0.3) is 0 Å². The highest BCUT2D eigenvalue weighted by Gasteiger charge is 2.44. The van der Waals surface area contributed by atoms with E-state index in [1.165, 1.54) is 57.1 Å². The number of ether oxygens (including phenoxy) is 5. The van der Waals surface area contributed by atoms with Crippen LogP contribution >= 0.6 is 0 Å². The van der Waals surface area contributed by atoms with E-state index < -0.39 is 0 Å². The van der Waals surface area contributed by atoms with Crippen LogP contribution < -0.4 is 5.32 Å². The SMILES string of the molecule is C1COCCN1.C=CC(C)=O.O.O.O=C1C=C2CCC(C3CCC4(CC3)OCCO4)CC2CC1.O=C1CCC(C2CCC3(CC2)OCCO3)CC1. The van der Waals surface area contributed by atoms with Crippen LogP contribution in [0.2, 0.25) is 0 Å². The number of rotatable bonds is 3. The van der Waals surface area contributed by atoms with Crippen molar-refractivity contribution in [2.45, 2.75) is 128 Å². The smallest absolute Gasteiger partial charge is 0.168 e. The summed E-state index contributed by atoms with van der Waals surface area (Å²) in [6.45, 7) is 11.6. The summed E-state index contributed by atoms with van der Waals surface area (Å²) in [5, 5.41) is 3.16. The molecule has 0 amide bonds. The molecule has 11 heteroatoms. The van der Waals surface area contributed by atoms with Gasteiger partial charge in [-0.3, -0.25) is 14.4 Å². The molecule has 0 bridgehead atoms. The molecular formula is C40H67NO10. The van der Waals surface area contributed by atoms with Crippen molar-refractivity contribution in [2.75, 3.05) is 52.7 Å². The van der Waals surface area contributed by atoms with E-state index in [-0.39, 0.29) is 28.3 Å². The molecule has 8 aliphatic rings. The van der Waals surface area contributed by atoms with Crippen LogP contribution in [0.5, 0.6) is 0 Å². The van der Waals surface area contributed by atoms with Gasteiger partial charge in [0.1, 0.15) is 5.78 Å². The fourth-order valence-corrected chi connectivity index (χ4v) is 9.33. The van der Waals surface area contributed by atoms with Crippen LogP contribution in [0.25, 0.3) is 0 Å². The van der Waals surface area contributed by atoms with Gasteiger partial charge in [0.2, 0.25) is 0 Å². The molecule has 51 heavy (non-hydrogen) atoms. The van der Waals surface area contributed by atoms with Crippen LogP contribution in [0.4, 0.5) is 0 Å². The van der Waals surface area contributed by atoms with Gasteiger partial charge in [-0.25, -0.2) is 0 Å². The lowest BCUT2D eigenvalue weighted by molar-refractivity contribution is -0.185. The number of carbonyl (C=O) groups excluding carboxylic acids is 3. The maximum absolute atomic E-state index is 11.5. The first-order valence-electron chi connectivity index (χ1n) is 19.5. The molecule has 3 aliphatic heterocycles. The average molecular weight is 722 g/mol. The molecule has 2 spiro atoms. The second-order valence-electron chi connectivity index (χ2n) is 15.4. The molecule has 0 aromatic heterocycles. The van der Waals surface area contributed by atoms with E-state index in [0.717, 1.165) is 147 Å². The molecule has 3 saturated heterocycles. The number of hydrogen-bond acceptors (Lipinski definition) is 9. The lowest BCUT2D eigenvalue weighted by Gasteiger charge is -2.42. The molecule has 2 atom stereocenters. The van der Waals surface area contributed by atoms with E-state index in [4.69, 9.17) is 23.7 Å². The van der Waals surface area contributed by atoms with Gasteiger partial charge >= 0.3 is 0 Å². The molecule has 11 nitrogen and oxygen atoms in total. The molecule has 8 rings (SSSR count). The Bertz CT molecular complexity index is 1080. The molecule has 5 aliphatic carbocycles. The Morgan fingerprint density at radius 1 is 0.686 bits per heavy atom. The summed E-state index contributed by atoms with van der Waals surface area (Å²) in [5.41, 5.74) is 1.46. The fourth-order valence-electron chi connectivity index (χ4n) is 9.33. The monoisotopic (exact) mass is 721 g/mol. The highest BCUT2D eigenvalue weighted by atomic mass is 16.7. The second-order valence-corrected chi connectivity index (χ2v) is 15.4. The maximum Gasteiger partial charge on any atom is 0.168 e. The Morgan fingerprint density at radius 2 is 1.14 bits per heavy atom. The number of morpholine rings is 1. The molecular weight excluding hydrogens is 654 g/mol. The van der Waals surface area contributed by atoms with Crippen molar-refractivity contribution in [3.05, 3.63) is 24.3 Å². The summed E-state index contributed by atoms with van der Waals surface area (Å²) in [7, 11) is 0. The number of Topliss-reactive ketones (excluding diaryl/α,β-unsaturated/α-hetero) is 1. The quantitative estimate of drug-likeness (QED) is 0.393. The minimum atomic E-state index is -0.221. The van der Waals surface area contributed by atoms with Gasteiger partial charge in [0.15, 0.2) is 23.1 Å². The van der Waals surface area contributed by atoms with Gasteiger partial charge in [-0.05, 0) is 113 Å². The minimum absolute atomic E-state index is 0. The van der Waals surface area contributed by atoms with Crippen LogP contribution in [0.15, 0.2) is 24.3 Å². The third kappa shape index (κ3) is 13.2. The summed E-state index contributed by atoms with van der Waals surface area (Å²) >= 11 is 0. The average Bonchev–Trinajstić information content (AvgIpc) is 3.80. The van der Waals surface area contributed by atoms with Gasteiger partial charge in [0.05, 0.1) is 39.6 Å². The molecule has 0 aromatic rings. The van der Waals surface area contributed by atoms with E-state index in [1.807, 2.05) is 6.08 Å². The molecule has 5 N–H and O–H groups in total. The van der Waals surface area contributed by atoms with E-state index in [2.05, 4.69) is 11.9 Å². The highest BCUT2D eigenvalue weighted by Crippen LogP contribution is 2.48. The Labute approximate surface area is 305 Å². The molecule has 292 valence electrons. The Hall–Kier alpha value is -1.83. The zero-order valence-corrected chi connectivity index (χ0v) is 31.2. The lowest BCUT2D eigenvalue weighted by Crippen LogP contribution is -2.38. The van der Waals surface area contributed by atoms with Gasteiger partial charge in [-0.1, -0.05) is 12.2 Å². The number of nitrogens with one attached hydrogen (secondary N) is 1. The predicted octanol–water partition coefficient (Wildman–Crippen LogP) is 5.02. The standard InChI is InChI=1S/C18H26O3.C14H22O3.C4H9NO.C4H6O.2H2O/c19-17-4-3-15-11-14(1-2-16(15)12-17)13-5-7-18(8-6-13)20-9-10-21-18;15-13-3-1-11(2-4-13)12-5-7-14(8-6-12)16-9-10-17-14;1-3-6-4-2-5-1;1-3-4(2)5;;/h12-15H,1-11H2;11-12H,1-10H2;5H,1-4H2;3H,1H2,2H3;2*1H2. The predicted molar refractivity (Wildman–Crippen MR) is 195 cm³/mol. The molecule has 2 unspecified atom stereocenters. The van der Waals surface area contributed by atoms with Crippen molar-refractivity contribution in [1.29, 1.82) is 0 Å². The first-order valence-corrected chi connectivity index (χ1v) is 19.5. The number of allylic oxidation sites excluding steroid dienone is 3. The van der Waals surface area contributed by atoms with Crippen LogP contribution in [0.1, 0.15) is 116 Å². The third-order valence-corrected chi connectivity index (χ3v) is 12.3. The van der Waals surface area contributed by atoms with Gasteiger partial charge in [-0.15, -0.1) is 0 Å². The Kier molecular flexibility index (Phi) is 18.6. The van der Waals surface area contributed by atoms with Crippen molar-refractivity contribution in [2.24, 2.45) is 29.6 Å². The minimum Gasteiger partial charge on any atom is -0.412 e. The summed E-state index contributed by atoms with van der Waals surface area (Å²) in [6, 6.07) is 0. The van der Waals surface area contributed by atoms with E-state index in [9.17, 15) is 14.4 Å². The number of ketones is 3. The second kappa shape index (κ2) is 21.8. The third-order valence-electron chi connectivity index (χ3n) is 12.3. The normalized spacial score (nSPS) is 30.0. The largest absolute Gasteiger partial charge is 0.412 e. The Balaban J connectivity index is 0.000000209. The number of carbonyl (C=O) groups is 3. The molecule has 3 heterocycles. The summed E-state index contributed by atoms with van der Waals surface area (Å²) in [6.07, 6.45) is 22.0. The van der Waals surface area contributed by atoms with Crippen molar-refractivity contribution in [1.82, 2.24) is 5.32 Å². The highest BCUT2D eigenvalue weighted by molar-refractivity contribution is 5.91. The van der Waals surface area contributed by atoms with Crippen LogP contribution in [-0.2, 0) is 38.1 Å². The van der Waals surface area contributed by atoms with Crippen molar-refractivity contribution in [3.8, 4) is 0 Å². The van der Waals surface area contributed by atoms with Gasteiger partial charge in [0, 0.05) is 58.0 Å². The van der Waals surface area contributed by atoms with E-state index >= 15 is 0 Å².